The Bertz CT molecular complexity index is 815. The van der Waals surface area contributed by atoms with E-state index >= 15 is 0 Å². The number of sulfonamides is 1. The number of thioether (sulfide) groups is 1. The van der Waals surface area contributed by atoms with E-state index in [2.05, 4.69) is 15.5 Å². The van der Waals surface area contributed by atoms with Crippen molar-refractivity contribution in [1.29, 1.82) is 0 Å². The Labute approximate surface area is 155 Å². The van der Waals surface area contributed by atoms with Gasteiger partial charge in [0.2, 0.25) is 15.2 Å². The minimum absolute atomic E-state index is 0.0746. The second kappa shape index (κ2) is 8.75. The number of carbonyl (C=O) groups is 1. The van der Waals surface area contributed by atoms with Crippen LogP contribution >= 0.6 is 23.1 Å². The molecule has 1 aromatic heterocycles. The van der Waals surface area contributed by atoms with Crippen LogP contribution in [0.4, 0.5) is 5.13 Å². The fourth-order valence-corrected chi connectivity index (χ4v) is 4.77. The number of Topliss-reactive ketones (excluding diaryl/α,β-unsaturated/α-hetero) is 1. The number of aromatic nitrogens is 2. The zero-order chi connectivity index (χ0) is 18.4. The number of carbonyl (C=O) groups excluding carboxylic acids is 1. The number of rotatable bonds is 9. The molecule has 0 aliphatic carbocycles. The summed E-state index contributed by atoms with van der Waals surface area (Å²) in [6.45, 7) is 4.47. The molecule has 1 N–H and O–H groups in total. The van der Waals surface area contributed by atoms with Crippen molar-refractivity contribution in [3.8, 4) is 0 Å². The van der Waals surface area contributed by atoms with Crippen molar-refractivity contribution in [2.75, 3.05) is 31.2 Å². The van der Waals surface area contributed by atoms with Crippen LogP contribution in [0.25, 0.3) is 0 Å². The molecule has 10 heteroatoms. The highest BCUT2D eigenvalue weighted by Gasteiger charge is 2.21. The van der Waals surface area contributed by atoms with Crippen LogP contribution in [0.5, 0.6) is 0 Å². The molecule has 0 bridgehead atoms. The molecule has 136 valence electrons. The van der Waals surface area contributed by atoms with E-state index in [9.17, 15) is 13.2 Å². The third kappa shape index (κ3) is 4.78. The zero-order valence-corrected chi connectivity index (χ0v) is 16.7. The van der Waals surface area contributed by atoms with Crippen LogP contribution in [0, 0.1) is 0 Å². The number of benzene rings is 1. The summed E-state index contributed by atoms with van der Waals surface area (Å²) in [7, 11) is -3.51. The standard InChI is InChI=1S/C15H20N4O3S3/c1-4-19(5-2)25(21,22)12-8-6-11(7-9-12)13(20)10-16-14-17-18-15(23-3)24-14/h6-9H,4-5,10H2,1-3H3,(H,16,17). The molecule has 1 heterocycles. The molecule has 0 amide bonds. The van der Waals surface area contributed by atoms with Crippen LogP contribution in [0.3, 0.4) is 0 Å². The Balaban J connectivity index is 2.04. The lowest BCUT2D eigenvalue weighted by Gasteiger charge is -2.18. The summed E-state index contributed by atoms with van der Waals surface area (Å²) in [6, 6.07) is 6.01. The Kier molecular flexibility index (Phi) is 6.94. The molecule has 0 radical (unpaired) electrons. The van der Waals surface area contributed by atoms with Gasteiger partial charge in [-0.15, -0.1) is 10.2 Å². The van der Waals surface area contributed by atoms with Crippen LogP contribution < -0.4 is 5.32 Å². The summed E-state index contributed by atoms with van der Waals surface area (Å²) in [5.74, 6) is -0.146. The van der Waals surface area contributed by atoms with Gasteiger partial charge in [-0.1, -0.05) is 36.9 Å². The maximum absolute atomic E-state index is 12.4. The summed E-state index contributed by atoms with van der Waals surface area (Å²) in [6.07, 6.45) is 1.91. The first-order valence-corrected chi connectivity index (χ1v) is 11.1. The first-order chi connectivity index (χ1) is 11.9. The number of hydrogen-bond acceptors (Lipinski definition) is 8. The molecule has 2 rings (SSSR count). The highest BCUT2D eigenvalue weighted by Crippen LogP contribution is 2.23. The number of hydrogen-bond donors (Lipinski definition) is 1. The highest BCUT2D eigenvalue weighted by molar-refractivity contribution is 8.00. The fraction of sp³-hybridized carbons (Fsp3) is 0.400. The molecule has 0 aliphatic rings. The monoisotopic (exact) mass is 400 g/mol. The lowest BCUT2D eigenvalue weighted by Crippen LogP contribution is -2.30. The first kappa shape index (κ1) is 19.8. The molecule has 0 atom stereocenters. The number of anilines is 1. The summed E-state index contributed by atoms with van der Waals surface area (Å²) in [4.78, 5) is 12.4. The van der Waals surface area contributed by atoms with Crippen LogP contribution in [0.2, 0.25) is 0 Å². The normalized spacial score (nSPS) is 11.7. The van der Waals surface area contributed by atoms with Crippen molar-refractivity contribution in [2.45, 2.75) is 23.1 Å². The van der Waals surface area contributed by atoms with E-state index in [0.717, 1.165) is 4.34 Å². The fourth-order valence-electron chi connectivity index (χ4n) is 2.15. The van der Waals surface area contributed by atoms with E-state index in [0.29, 0.717) is 23.8 Å². The molecule has 0 aliphatic heterocycles. The van der Waals surface area contributed by atoms with E-state index in [-0.39, 0.29) is 17.2 Å². The minimum atomic E-state index is -3.51. The first-order valence-electron chi connectivity index (χ1n) is 7.67. The van der Waals surface area contributed by atoms with Gasteiger partial charge in [-0.2, -0.15) is 4.31 Å². The molecular formula is C15H20N4O3S3. The van der Waals surface area contributed by atoms with Crippen LogP contribution in [0.15, 0.2) is 33.5 Å². The number of nitrogens with zero attached hydrogens (tertiary/aromatic N) is 3. The minimum Gasteiger partial charge on any atom is -0.353 e. The van der Waals surface area contributed by atoms with Crippen molar-refractivity contribution in [3.63, 3.8) is 0 Å². The second-order valence-corrected chi connectivity index (χ2v) is 8.94. The molecule has 0 saturated heterocycles. The van der Waals surface area contributed by atoms with Crippen LogP contribution in [-0.2, 0) is 10.0 Å². The molecule has 25 heavy (non-hydrogen) atoms. The van der Waals surface area contributed by atoms with Crippen LogP contribution in [-0.4, -0.2) is 54.6 Å². The molecular weight excluding hydrogens is 380 g/mol. The van der Waals surface area contributed by atoms with Crippen molar-refractivity contribution in [1.82, 2.24) is 14.5 Å². The Morgan fingerprint density at radius 2 is 1.84 bits per heavy atom. The Morgan fingerprint density at radius 3 is 2.36 bits per heavy atom. The molecule has 0 fully saturated rings. The second-order valence-electron chi connectivity index (χ2n) is 4.97. The molecule has 2 aromatic rings. The number of ketones is 1. The quantitative estimate of drug-likeness (QED) is 0.511. The van der Waals surface area contributed by atoms with Crippen molar-refractivity contribution < 1.29 is 13.2 Å². The predicted octanol–water partition coefficient (Wildman–Crippen LogP) is 2.59. The van der Waals surface area contributed by atoms with Crippen molar-refractivity contribution in [3.05, 3.63) is 29.8 Å². The third-order valence-electron chi connectivity index (χ3n) is 3.50. The summed E-state index contributed by atoms with van der Waals surface area (Å²) < 4.78 is 27.1. The number of nitrogens with one attached hydrogen (secondary N) is 1. The molecule has 1 aromatic carbocycles. The Hall–Kier alpha value is -1.49. The van der Waals surface area contributed by atoms with Crippen molar-refractivity contribution in [2.24, 2.45) is 0 Å². The van der Waals surface area contributed by atoms with Gasteiger partial charge in [0.25, 0.3) is 0 Å². The molecule has 0 spiro atoms. The van der Waals surface area contributed by atoms with Gasteiger partial charge in [0.1, 0.15) is 0 Å². The molecule has 0 saturated carbocycles. The summed E-state index contributed by atoms with van der Waals surface area (Å²) in [5.41, 5.74) is 0.445. The Morgan fingerprint density at radius 1 is 1.20 bits per heavy atom. The van der Waals surface area contributed by atoms with E-state index in [1.165, 1.54) is 51.7 Å². The smallest absolute Gasteiger partial charge is 0.243 e. The van der Waals surface area contributed by atoms with Crippen LogP contribution in [0.1, 0.15) is 24.2 Å². The topological polar surface area (TPSA) is 92.3 Å². The zero-order valence-electron chi connectivity index (χ0n) is 14.2. The lowest BCUT2D eigenvalue weighted by atomic mass is 10.1. The van der Waals surface area contributed by atoms with Gasteiger partial charge in [-0.25, -0.2) is 8.42 Å². The lowest BCUT2D eigenvalue weighted by molar-refractivity contribution is 0.101. The van der Waals surface area contributed by atoms with E-state index < -0.39 is 10.0 Å². The predicted molar refractivity (Wildman–Crippen MR) is 101 cm³/mol. The van der Waals surface area contributed by atoms with Gasteiger partial charge in [0.05, 0.1) is 11.4 Å². The maximum atomic E-state index is 12.4. The third-order valence-corrected chi connectivity index (χ3v) is 7.42. The van der Waals surface area contributed by atoms with Gasteiger partial charge in [-0.3, -0.25) is 4.79 Å². The summed E-state index contributed by atoms with van der Waals surface area (Å²) >= 11 is 2.87. The maximum Gasteiger partial charge on any atom is 0.243 e. The van der Waals surface area contributed by atoms with E-state index in [4.69, 9.17) is 0 Å². The SMILES string of the molecule is CCN(CC)S(=O)(=O)c1ccc(C(=O)CNc2nnc(SC)s2)cc1. The highest BCUT2D eigenvalue weighted by atomic mass is 32.2. The molecule has 0 unspecified atom stereocenters. The average molecular weight is 401 g/mol. The van der Waals surface area contributed by atoms with Gasteiger partial charge < -0.3 is 5.32 Å². The van der Waals surface area contributed by atoms with Crippen molar-refractivity contribution >= 4 is 44.0 Å². The van der Waals surface area contributed by atoms with Gasteiger partial charge in [0, 0.05) is 18.7 Å². The summed E-state index contributed by atoms with van der Waals surface area (Å²) in [5, 5.41) is 11.4. The molecule has 7 nitrogen and oxygen atoms in total. The van der Waals surface area contributed by atoms with Gasteiger partial charge in [-0.05, 0) is 30.5 Å². The van der Waals surface area contributed by atoms with E-state index in [1.807, 2.05) is 6.26 Å². The van der Waals surface area contributed by atoms with Gasteiger partial charge in [0.15, 0.2) is 10.1 Å². The van der Waals surface area contributed by atoms with Gasteiger partial charge >= 0.3 is 0 Å². The average Bonchev–Trinajstić information content (AvgIpc) is 3.08. The van der Waals surface area contributed by atoms with E-state index in [1.54, 1.807) is 13.8 Å². The largest absolute Gasteiger partial charge is 0.353 e.